The molecular formula is C16H34OSi. The van der Waals surface area contributed by atoms with Gasteiger partial charge in [-0.2, -0.15) is 0 Å². The monoisotopic (exact) mass is 270 g/mol. The molecule has 0 spiro atoms. The van der Waals surface area contributed by atoms with Gasteiger partial charge >= 0.3 is 0 Å². The average Bonchev–Trinajstić information content (AvgIpc) is 2.20. The fourth-order valence-corrected chi connectivity index (χ4v) is 10.1. The van der Waals surface area contributed by atoms with E-state index in [4.69, 9.17) is 4.74 Å². The minimum atomic E-state index is -1.21. The van der Waals surface area contributed by atoms with Gasteiger partial charge in [-0.05, 0) is 13.3 Å². The third-order valence-electron chi connectivity index (χ3n) is 4.47. The maximum absolute atomic E-state index is 5.65. The molecule has 0 atom stereocenters. The van der Waals surface area contributed by atoms with E-state index in [2.05, 4.69) is 48.1 Å². The van der Waals surface area contributed by atoms with Gasteiger partial charge in [0.05, 0.1) is 14.7 Å². The predicted molar refractivity (Wildman–Crippen MR) is 86.1 cm³/mol. The quantitative estimate of drug-likeness (QED) is 0.299. The van der Waals surface area contributed by atoms with Crippen LogP contribution in [0, 0.1) is 0 Å². The Kier molecular flexibility index (Phi) is 8.12. The molecule has 0 aliphatic carbocycles. The van der Waals surface area contributed by atoms with E-state index in [1.807, 2.05) is 6.92 Å². The molecule has 108 valence electrons. The standard InChI is InChI=1S/C16H34OSi/c1-13(2)12-17-10-9-11-18(14(3)4,15(5)6)16(7)8/h14-16H,1,9-12H2,2-8H3. The summed E-state index contributed by atoms with van der Waals surface area (Å²) in [7, 11) is -1.21. The fraction of sp³-hybridized carbons (Fsp3) is 0.875. The lowest BCUT2D eigenvalue weighted by Gasteiger charge is -2.43. The summed E-state index contributed by atoms with van der Waals surface area (Å²) in [6.07, 6.45) is 1.22. The van der Waals surface area contributed by atoms with Gasteiger partial charge in [0.2, 0.25) is 0 Å². The van der Waals surface area contributed by atoms with E-state index in [-0.39, 0.29) is 0 Å². The van der Waals surface area contributed by atoms with Crippen LogP contribution in [0.2, 0.25) is 22.7 Å². The second kappa shape index (κ2) is 8.16. The summed E-state index contributed by atoms with van der Waals surface area (Å²) in [5, 5.41) is 0. The zero-order valence-corrected chi connectivity index (χ0v) is 14.7. The lowest BCUT2D eigenvalue weighted by molar-refractivity contribution is 0.156. The smallest absolute Gasteiger partial charge is 0.0671 e. The zero-order valence-electron chi connectivity index (χ0n) is 13.7. The van der Waals surface area contributed by atoms with Crippen molar-refractivity contribution in [3.05, 3.63) is 12.2 Å². The summed E-state index contributed by atoms with van der Waals surface area (Å²) >= 11 is 0. The lowest BCUT2D eigenvalue weighted by Crippen LogP contribution is -2.44. The first-order chi connectivity index (χ1) is 8.25. The summed E-state index contributed by atoms with van der Waals surface area (Å²) in [5.74, 6) is 0. The third-order valence-corrected chi connectivity index (χ3v) is 12.1. The zero-order chi connectivity index (χ0) is 14.3. The van der Waals surface area contributed by atoms with Crippen LogP contribution in [0.4, 0.5) is 0 Å². The Morgan fingerprint density at radius 3 is 1.78 bits per heavy atom. The molecule has 0 aromatic carbocycles. The number of hydrogen-bond donors (Lipinski definition) is 0. The summed E-state index contributed by atoms with van der Waals surface area (Å²) in [4.78, 5) is 0. The highest BCUT2D eigenvalue weighted by Crippen LogP contribution is 2.44. The predicted octanol–water partition coefficient (Wildman–Crippen LogP) is 5.65. The molecule has 0 heterocycles. The molecule has 0 radical (unpaired) electrons. The largest absolute Gasteiger partial charge is 0.377 e. The summed E-state index contributed by atoms with van der Waals surface area (Å²) in [6, 6.07) is 1.40. The Morgan fingerprint density at radius 1 is 1.00 bits per heavy atom. The van der Waals surface area contributed by atoms with Crippen molar-refractivity contribution in [3.63, 3.8) is 0 Å². The average molecular weight is 271 g/mol. The van der Waals surface area contributed by atoms with E-state index >= 15 is 0 Å². The first-order valence-corrected chi connectivity index (χ1v) is 9.91. The van der Waals surface area contributed by atoms with Crippen molar-refractivity contribution in [1.82, 2.24) is 0 Å². The van der Waals surface area contributed by atoms with Crippen molar-refractivity contribution in [1.29, 1.82) is 0 Å². The molecule has 0 rings (SSSR count). The van der Waals surface area contributed by atoms with Gasteiger partial charge in [-0.3, -0.25) is 0 Å². The van der Waals surface area contributed by atoms with Crippen molar-refractivity contribution in [2.24, 2.45) is 0 Å². The molecule has 0 aromatic rings. The molecule has 18 heavy (non-hydrogen) atoms. The van der Waals surface area contributed by atoms with Gasteiger partial charge in [0.1, 0.15) is 0 Å². The molecule has 0 aliphatic rings. The normalized spacial score (nSPS) is 12.8. The SMILES string of the molecule is C=C(C)COCCC[Si](C(C)C)(C(C)C)C(C)C. The third kappa shape index (κ3) is 4.89. The van der Waals surface area contributed by atoms with Gasteiger partial charge < -0.3 is 4.74 Å². The highest BCUT2D eigenvalue weighted by molar-refractivity contribution is 6.83. The Hall–Kier alpha value is -0.0831. The summed E-state index contributed by atoms with van der Waals surface area (Å²) in [5.41, 5.74) is 3.70. The molecule has 0 unspecified atom stereocenters. The van der Waals surface area contributed by atoms with Crippen LogP contribution in [0.25, 0.3) is 0 Å². The van der Waals surface area contributed by atoms with Gasteiger partial charge in [-0.1, -0.05) is 76.4 Å². The van der Waals surface area contributed by atoms with E-state index in [9.17, 15) is 0 Å². The van der Waals surface area contributed by atoms with Gasteiger partial charge in [0, 0.05) is 6.61 Å². The van der Waals surface area contributed by atoms with Crippen LogP contribution in [0.5, 0.6) is 0 Å². The molecular weight excluding hydrogens is 236 g/mol. The van der Waals surface area contributed by atoms with Crippen molar-refractivity contribution in [2.75, 3.05) is 13.2 Å². The Morgan fingerprint density at radius 2 is 1.44 bits per heavy atom. The van der Waals surface area contributed by atoms with Crippen LogP contribution >= 0.6 is 0 Å². The van der Waals surface area contributed by atoms with Crippen molar-refractivity contribution in [3.8, 4) is 0 Å². The molecule has 0 aromatic heterocycles. The number of ether oxygens (including phenoxy) is 1. The minimum absolute atomic E-state index is 0.722. The molecule has 2 heteroatoms. The Bertz CT molecular complexity index is 222. The van der Waals surface area contributed by atoms with Crippen LogP contribution < -0.4 is 0 Å². The fourth-order valence-electron chi connectivity index (χ4n) is 3.59. The molecule has 0 fully saturated rings. The van der Waals surface area contributed by atoms with E-state index in [1.54, 1.807) is 0 Å². The molecule has 0 saturated carbocycles. The molecule has 1 nitrogen and oxygen atoms in total. The van der Waals surface area contributed by atoms with Gasteiger partial charge in [-0.15, -0.1) is 0 Å². The van der Waals surface area contributed by atoms with Crippen molar-refractivity contribution in [2.45, 2.75) is 77.6 Å². The maximum atomic E-state index is 5.65. The highest BCUT2D eigenvalue weighted by Gasteiger charge is 2.41. The van der Waals surface area contributed by atoms with E-state index in [1.165, 1.54) is 12.5 Å². The van der Waals surface area contributed by atoms with Gasteiger partial charge in [-0.25, -0.2) is 0 Å². The van der Waals surface area contributed by atoms with Crippen LogP contribution in [0.1, 0.15) is 54.9 Å². The van der Waals surface area contributed by atoms with Crippen LogP contribution in [-0.4, -0.2) is 21.3 Å². The highest BCUT2D eigenvalue weighted by atomic mass is 28.3. The van der Waals surface area contributed by atoms with Crippen molar-refractivity contribution < 1.29 is 4.74 Å². The number of rotatable bonds is 9. The topological polar surface area (TPSA) is 9.23 Å². The van der Waals surface area contributed by atoms with E-state index < -0.39 is 8.07 Å². The second-order valence-electron chi connectivity index (χ2n) is 6.69. The van der Waals surface area contributed by atoms with Crippen LogP contribution in [0.3, 0.4) is 0 Å². The van der Waals surface area contributed by atoms with Gasteiger partial charge in [0.25, 0.3) is 0 Å². The van der Waals surface area contributed by atoms with Gasteiger partial charge in [0.15, 0.2) is 0 Å². The van der Waals surface area contributed by atoms with E-state index in [0.717, 1.165) is 35.4 Å². The second-order valence-corrected chi connectivity index (χ2v) is 12.9. The summed E-state index contributed by atoms with van der Waals surface area (Å²) in [6.45, 7) is 22.1. The molecule has 0 amide bonds. The molecule has 0 aliphatic heterocycles. The van der Waals surface area contributed by atoms with Crippen LogP contribution in [-0.2, 0) is 4.74 Å². The molecule has 0 saturated heterocycles. The number of hydrogen-bond acceptors (Lipinski definition) is 1. The molecule has 0 N–H and O–H groups in total. The Labute approximate surface area is 116 Å². The van der Waals surface area contributed by atoms with E-state index in [0.29, 0.717) is 0 Å². The first kappa shape index (κ1) is 17.9. The lowest BCUT2D eigenvalue weighted by atomic mass is 10.4. The summed E-state index contributed by atoms with van der Waals surface area (Å²) < 4.78 is 5.65. The first-order valence-electron chi connectivity index (χ1n) is 7.47. The van der Waals surface area contributed by atoms with Crippen molar-refractivity contribution >= 4 is 8.07 Å². The Balaban J connectivity index is 4.39. The molecule has 0 bridgehead atoms. The van der Waals surface area contributed by atoms with Crippen LogP contribution in [0.15, 0.2) is 12.2 Å². The maximum Gasteiger partial charge on any atom is 0.0671 e. The minimum Gasteiger partial charge on any atom is -0.377 e.